The van der Waals surface area contributed by atoms with Gasteiger partial charge in [0.15, 0.2) is 5.82 Å². The summed E-state index contributed by atoms with van der Waals surface area (Å²) in [6, 6.07) is 8.15. The fraction of sp³-hybridized carbons (Fsp3) is 0.312. The Balaban J connectivity index is 1.58. The van der Waals surface area contributed by atoms with Gasteiger partial charge in [-0.05, 0) is 31.2 Å². The Morgan fingerprint density at radius 1 is 1.38 bits per heavy atom. The topological polar surface area (TPSA) is 96.7 Å². The molecule has 0 bridgehead atoms. The zero-order valence-electron chi connectivity index (χ0n) is 13.4. The highest BCUT2D eigenvalue weighted by atomic mass is 16.5. The highest BCUT2D eigenvalue weighted by molar-refractivity contribution is 5.97. The predicted molar refractivity (Wildman–Crippen MR) is 87.1 cm³/mol. The lowest BCUT2D eigenvalue weighted by atomic mass is 10.2. The number of nitrogens with one attached hydrogen (secondary N) is 2. The van der Waals surface area contributed by atoms with Gasteiger partial charge in [0.1, 0.15) is 11.5 Å². The number of amides is 3. The van der Waals surface area contributed by atoms with Crippen molar-refractivity contribution in [3.8, 4) is 5.75 Å². The van der Waals surface area contributed by atoms with Gasteiger partial charge >= 0.3 is 6.03 Å². The van der Waals surface area contributed by atoms with Crippen molar-refractivity contribution in [2.24, 2.45) is 0 Å². The third kappa shape index (κ3) is 3.48. The fourth-order valence-corrected chi connectivity index (χ4v) is 2.58. The number of anilines is 2. The lowest BCUT2D eigenvalue weighted by Crippen LogP contribution is -2.39. The van der Waals surface area contributed by atoms with Crippen molar-refractivity contribution < 1.29 is 18.8 Å². The summed E-state index contributed by atoms with van der Waals surface area (Å²) >= 11 is 0. The second-order valence-corrected chi connectivity index (χ2v) is 5.52. The second kappa shape index (κ2) is 6.61. The maximum atomic E-state index is 12.2. The molecule has 8 heteroatoms. The number of aryl methyl sites for hydroxylation is 1. The van der Waals surface area contributed by atoms with Gasteiger partial charge in [-0.2, -0.15) is 0 Å². The van der Waals surface area contributed by atoms with Crippen molar-refractivity contribution in [3.63, 3.8) is 0 Å². The Hall–Kier alpha value is -3.03. The third-order valence-electron chi connectivity index (χ3n) is 3.71. The molecule has 0 aliphatic carbocycles. The molecule has 0 radical (unpaired) electrons. The van der Waals surface area contributed by atoms with Gasteiger partial charge in [-0.25, -0.2) is 4.79 Å². The van der Waals surface area contributed by atoms with Gasteiger partial charge in [0.2, 0.25) is 5.91 Å². The Bertz CT molecular complexity index is 741. The van der Waals surface area contributed by atoms with E-state index in [1.807, 2.05) is 12.1 Å². The van der Waals surface area contributed by atoms with Crippen LogP contribution in [0.2, 0.25) is 0 Å². The van der Waals surface area contributed by atoms with Gasteiger partial charge in [0.05, 0.1) is 13.2 Å². The first-order valence-corrected chi connectivity index (χ1v) is 7.50. The van der Waals surface area contributed by atoms with Crippen LogP contribution < -0.4 is 20.3 Å². The Labute approximate surface area is 138 Å². The number of aromatic nitrogens is 1. The molecule has 3 rings (SSSR count). The molecule has 1 fully saturated rings. The maximum absolute atomic E-state index is 12.2. The molecule has 1 aliphatic heterocycles. The molecule has 0 spiro atoms. The van der Waals surface area contributed by atoms with Crippen LogP contribution >= 0.6 is 0 Å². The summed E-state index contributed by atoms with van der Waals surface area (Å²) in [7, 11) is 1.59. The third-order valence-corrected chi connectivity index (χ3v) is 3.71. The number of carbonyl (C=O) groups excluding carboxylic acids is 2. The molecule has 1 aliphatic rings. The number of methoxy groups -OCH3 is 1. The lowest BCUT2D eigenvalue weighted by molar-refractivity contribution is -0.117. The van der Waals surface area contributed by atoms with Gasteiger partial charge in [-0.3, -0.25) is 10.1 Å². The average Bonchev–Trinajstić information content (AvgIpc) is 3.13. The van der Waals surface area contributed by atoms with Crippen molar-refractivity contribution in [2.45, 2.75) is 19.4 Å². The van der Waals surface area contributed by atoms with Crippen LogP contribution in [0.5, 0.6) is 5.75 Å². The number of benzene rings is 1. The standard InChI is InChI=1S/C16H18N4O4/c1-10-7-14(19-24-10)18-16(22)17-11-8-15(21)20(9-11)12-3-5-13(23-2)6-4-12/h3-7,11H,8-9H2,1-2H3,(H2,17,18,19,22)/t11-/m1/s1. The van der Waals surface area contributed by atoms with Crippen molar-refractivity contribution in [1.29, 1.82) is 0 Å². The Kier molecular flexibility index (Phi) is 4.37. The number of nitrogens with zero attached hydrogens (tertiary/aromatic N) is 2. The smallest absolute Gasteiger partial charge is 0.320 e. The van der Waals surface area contributed by atoms with Gasteiger partial charge in [-0.1, -0.05) is 5.16 Å². The molecule has 3 amide bonds. The average molecular weight is 330 g/mol. The highest BCUT2D eigenvalue weighted by Crippen LogP contribution is 2.24. The first-order valence-electron chi connectivity index (χ1n) is 7.50. The monoisotopic (exact) mass is 330 g/mol. The van der Waals surface area contributed by atoms with E-state index in [-0.39, 0.29) is 18.4 Å². The van der Waals surface area contributed by atoms with Gasteiger partial charge in [0.25, 0.3) is 0 Å². The Morgan fingerprint density at radius 3 is 2.75 bits per heavy atom. The van der Waals surface area contributed by atoms with Crippen molar-refractivity contribution in [2.75, 3.05) is 23.9 Å². The zero-order valence-corrected chi connectivity index (χ0v) is 13.4. The minimum absolute atomic E-state index is 0.0391. The van der Waals surface area contributed by atoms with Gasteiger partial charge in [0, 0.05) is 24.7 Å². The first-order chi connectivity index (χ1) is 11.5. The Morgan fingerprint density at radius 2 is 2.12 bits per heavy atom. The molecule has 1 saturated heterocycles. The van der Waals surface area contributed by atoms with Crippen LogP contribution in [0.1, 0.15) is 12.2 Å². The second-order valence-electron chi connectivity index (χ2n) is 5.52. The van der Waals surface area contributed by atoms with E-state index in [4.69, 9.17) is 9.26 Å². The summed E-state index contributed by atoms with van der Waals surface area (Å²) in [5, 5.41) is 9.03. The van der Waals surface area contributed by atoms with E-state index >= 15 is 0 Å². The largest absolute Gasteiger partial charge is 0.497 e. The molecule has 0 saturated carbocycles. The molecule has 0 unspecified atom stereocenters. The maximum Gasteiger partial charge on any atom is 0.320 e. The van der Waals surface area contributed by atoms with Crippen LogP contribution in [0.15, 0.2) is 34.9 Å². The first kappa shape index (κ1) is 15.9. The summed E-state index contributed by atoms with van der Waals surface area (Å²) in [6.45, 7) is 2.15. The minimum atomic E-state index is -0.419. The number of carbonyl (C=O) groups is 2. The number of urea groups is 1. The van der Waals surface area contributed by atoms with Crippen molar-refractivity contribution in [3.05, 3.63) is 36.1 Å². The summed E-state index contributed by atoms with van der Waals surface area (Å²) < 4.78 is 9.99. The SMILES string of the molecule is COc1ccc(N2C[C@H](NC(=O)Nc3cc(C)on3)CC2=O)cc1. The van der Waals surface area contributed by atoms with Crippen LogP contribution in [-0.2, 0) is 4.79 Å². The molecule has 8 nitrogen and oxygen atoms in total. The summed E-state index contributed by atoms with van der Waals surface area (Å²) in [5.74, 6) is 1.62. The van der Waals surface area contributed by atoms with Crippen molar-refractivity contribution in [1.82, 2.24) is 10.5 Å². The van der Waals surface area contributed by atoms with Crippen molar-refractivity contribution >= 4 is 23.4 Å². The minimum Gasteiger partial charge on any atom is -0.497 e. The molecule has 1 aromatic carbocycles. The number of hydrogen-bond acceptors (Lipinski definition) is 5. The van der Waals surface area contributed by atoms with E-state index in [1.165, 1.54) is 0 Å². The quantitative estimate of drug-likeness (QED) is 0.893. The fourth-order valence-electron chi connectivity index (χ4n) is 2.58. The predicted octanol–water partition coefficient (Wildman–Crippen LogP) is 1.92. The molecule has 24 heavy (non-hydrogen) atoms. The molecular formula is C16H18N4O4. The summed E-state index contributed by atoms with van der Waals surface area (Å²) in [6.07, 6.45) is 0.247. The van der Waals surface area contributed by atoms with E-state index in [1.54, 1.807) is 37.1 Å². The van der Waals surface area contributed by atoms with E-state index in [0.29, 0.717) is 18.1 Å². The van der Waals surface area contributed by atoms with Crippen LogP contribution in [0.3, 0.4) is 0 Å². The van der Waals surface area contributed by atoms with E-state index in [9.17, 15) is 9.59 Å². The van der Waals surface area contributed by atoms with Gasteiger partial charge < -0.3 is 19.5 Å². The zero-order chi connectivity index (χ0) is 17.1. The number of hydrogen-bond donors (Lipinski definition) is 2. The van der Waals surface area contributed by atoms with E-state index in [0.717, 1.165) is 11.4 Å². The molecule has 1 aromatic heterocycles. The normalized spacial score (nSPS) is 17.0. The van der Waals surface area contributed by atoms with Gasteiger partial charge in [-0.15, -0.1) is 0 Å². The van der Waals surface area contributed by atoms with E-state index in [2.05, 4.69) is 15.8 Å². The molecule has 1 atom stereocenters. The van der Waals surface area contributed by atoms with Crippen LogP contribution in [0.4, 0.5) is 16.3 Å². The molecule has 2 N–H and O–H groups in total. The lowest BCUT2D eigenvalue weighted by Gasteiger charge is -2.17. The summed E-state index contributed by atoms with van der Waals surface area (Å²) in [4.78, 5) is 25.8. The highest BCUT2D eigenvalue weighted by Gasteiger charge is 2.31. The summed E-state index contributed by atoms with van der Waals surface area (Å²) in [5.41, 5.74) is 0.776. The molecule has 2 heterocycles. The molecular weight excluding hydrogens is 312 g/mol. The molecule has 126 valence electrons. The molecule has 2 aromatic rings. The number of ether oxygens (including phenoxy) is 1. The van der Waals surface area contributed by atoms with Crippen LogP contribution in [-0.4, -0.2) is 36.8 Å². The van der Waals surface area contributed by atoms with Crippen LogP contribution in [0.25, 0.3) is 0 Å². The van der Waals surface area contributed by atoms with Crippen LogP contribution in [0, 0.1) is 6.92 Å². The number of rotatable bonds is 4. The van der Waals surface area contributed by atoms with E-state index < -0.39 is 6.03 Å².